The molecule has 0 aliphatic rings. The van der Waals surface area contributed by atoms with E-state index in [2.05, 4.69) is 16.0 Å². The van der Waals surface area contributed by atoms with E-state index >= 15 is 0 Å². The molecule has 2 amide bonds. The van der Waals surface area contributed by atoms with Crippen molar-refractivity contribution < 1.29 is 9.59 Å². The lowest BCUT2D eigenvalue weighted by atomic mass is 10.3. The molecule has 0 aromatic heterocycles. The lowest BCUT2D eigenvalue weighted by molar-refractivity contribution is -0.119. The van der Waals surface area contributed by atoms with Crippen LogP contribution in [0.15, 0.2) is 24.3 Å². The number of carbonyl (C=O) groups is 2. The maximum atomic E-state index is 11.4. The van der Waals surface area contributed by atoms with Gasteiger partial charge in [0.15, 0.2) is 0 Å². The number of rotatable bonds is 5. The summed E-state index contributed by atoms with van der Waals surface area (Å²) in [6.45, 7) is 0.180. The maximum absolute atomic E-state index is 11.4. The quantitative estimate of drug-likeness (QED) is 0.722. The van der Waals surface area contributed by atoms with E-state index in [1.165, 1.54) is 7.05 Å². The number of carbonyl (C=O) groups excluding carboxylic acids is 2. The Kier molecular flexibility index (Phi) is 5.45. The van der Waals surface area contributed by atoms with E-state index in [0.717, 1.165) is 0 Å². The van der Waals surface area contributed by atoms with Gasteiger partial charge in [0.1, 0.15) is 0 Å². The Labute approximate surface area is 105 Å². The molecule has 6 heteroatoms. The number of anilines is 1. The molecule has 0 fully saturated rings. The molecule has 3 N–H and O–H groups in total. The molecular formula is C11H14ClN3O2. The van der Waals surface area contributed by atoms with Crippen LogP contribution in [0.25, 0.3) is 0 Å². The third kappa shape index (κ3) is 5.33. The van der Waals surface area contributed by atoms with Crippen molar-refractivity contribution in [2.45, 2.75) is 0 Å². The zero-order chi connectivity index (χ0) is 12.7. The van der Waals surface area contributed by atoms with Gasteiger partial charge in [0.25, 0.3) is 0 Å². The van der Waals surface area contributed by atoms with E-state index in [0.29, 0.717) is 10.7 Å². The molecule has 0 atom stereocenters. The molecule has 0 saturated heterocycles. The fourth-order valence-electron chi connectivity index (χ4n) is 1.15. The first-order valence-electron chi connectivity index (χ1n) is 5.08. The fourth-order valence-corrected chi connectivity index (χ4v) is 1.34. The number of hydrogen-bond donors (Lipinski definition) is 3. The Morgan fingerprint density at radius 3 is 2.59 bits per heavy atom. The van der Waals surface area contributed by atoms with Crippen molar-refractivity contribution in [2.75, 3.05) is 25.5 Å². The van der Waals surface area contributed by atoms with Gasteiger partial charge in [-0.3, -0.25) is 14.9 Å². The summed E-state index contributed by atoms with van der Waals surface area (Å²) in [6.07, 6.45) is 0. The van der Waals surface area contributed by atoms with Gasteiger partial charge in [0.05, 0.1) is 13.1 Å². The molecule has 0 aliphatic heterocycles. The van der Waals surface area contributed by atoms with Gasteiger partial charge in [-0.15, -0.1) is 0 Å². The van der Waals surface area contributed by atoms with Gasteiger partial charge in [0, 0.05) is 17.8 Å². The van der Waals surface area contributed by atoms with Crippen LogP contribution in [-0.2, 0) is 9.59 Å². The summed E-state index contributed by atoms with van der Waals surface area (Å²) in [5.41, 5.74) is 0.629. The monoisotopic (exact) mass is 255 g/mol. The van der Waals surface area contributed by atoms with Gasteiger partial charge in [-0.25, -0.2) is 0 Å². The van der Waals surface area contributed by atoms with Crippen LogP contribution in [0.2, 0.25) is 5.02 Å². The van der Waals surface area contributed by atoms with Crippen LogP contribution >= 0.6 is 11.6 Å². The van der Waals surface area contributed by atoms with Gasteiger partial charge < -0.3 is 10.6 Å². The first kappa shape index (κ1) is 13.5. The van der Waals surface area contributed by atoms with Crippen molar-refractivity contribution in [3.63, 3.8) is 0 Å². The van der Waals surface area contributed by atoms with Gasteiger partial charge in [-0.05, 0) is 18.2 Å². The van der Waals surface area contributed by atoms with E-state index in [9.17, 15) is 9.59 Å². The number of amides is 2. The number of halogens is 1. The number of hydrogen-bond acceptors (Lipinski definition) is 3. The molecule has 0 aliphatic carbocycles. The summed E-state index contributed by atoms with van der Waals surface area (Å²) in [4.78, 5) is 22.3. The van der Waals surface area contributed by atoms with Gasteiger partial charge >= 0.3 is 0 Å². The standard InChI is InChI=1S/C11H14ClN3O2/c1-13-10(16)6-14-7-11(17)15-9-4-2-3-8(12)5-9/h2-5,14H,6-7H2,1H3,(H,13,16)(H,15,17). The average molecular weight is 256 g/mol. The first-order valence-corrected chi connectivity index (χ1v) is 5.46. The topological polar surface area (TPSA) is 70.2 Å². The Morgan fingerprint density at radius 1 is 1.24 bits per heavy atom. The predicted molar refractivity (Wildman–Crippen MR) is 67.0 cm³/mol. The summed E-state index contributed by atoms with van der Waals surface area (Å²) in [5.74, 6) is -0.392. The van der Waals surface area contributed by atoms with Crippen LogP contribution in [0, 0.1) is 0 Å². The molecule has 92 valence electrons. The lowest BCUT2D eigenvalue weighted by Gasteiger charge is -2.06. The number of likely N-dealkylation sites (N-methyl/N-ethyl adjacent to an activating group) is 1. The molecule has 0 bridgehead atoms. The Morgan fingerprint density at radius 2 is 1.94 bits per heavy atom. The maximum Gasteiger partial charge on any atom is 0.238 e. The second-order valence-electron chi connectivity index (χ2n) is 3.34. The van der Waals surface area contributed by atoms with Crippen LogP contribution in [0.5, 0.6) is 0 Å². The van der Waals surface area contributed by atoms with E-state index < -0.39 is 0 Å². The fraction of sp³-hybridized carbons (Fsp3) is 0.273. The summed E-state index contributed by atoms with van der Waals surface area (Å²) in [7, 11) is 1.54. The normalized spacial score (nSPS) is 9.76. The summed E-state index contributed by atoms with van der Waals surface area (Å²) in [5, 5.41) is 8.37. The lowest BCUT2D eigenvalue weighted by Crippen LogP contribution is -2.36. The molecule has 0 heterocycles. The molecule has 0 unspecified atom stereocenters. The SMILES string of the molecule is CNC(=O)CNCC(=O)Nc1cccc(Cl)c1. The highest BCUT2D eigenvalue weighted by Gasteiger charge is 2.03. The van der Waals surface area contributed by atoms with Crippen LogP contribution in [0.3, 0.4) is 0 Å². The minimum atomic E-state index is -0.226. The van der Waals surface area contributed by atoms with Gasteiger partial charge in [0.2, 0.25) is 11.8 Å². The van der Waals surface area contributed by atoms with Crippen molar-refractivity contribution in [1.29, 1.82) is 0 Å². The van der Waals surface area contributed by atoms with E-state index in [-0.39, 0.29) is 24.9 Å². The molecule has 0 saturated carbocycles. The molecule has 5 nitrogen and oxygen atoms in total. The zero-order valence-electron chi connectivity index (χ0n) is 9.42. The van der Waals surface area contributed by atoms with Gasteiger partial charge in [-0.2, -0.15) is 0 Å². The Hall–Kier alpha value is -1.59. The molecule has 17 heavy (non-hydrogen) atoms. The summed E-state index contributed by atoms with van der Waals surface area (Å²) >= 11 is 5.77. The summed E-state index contributed by atoms with van der Waals surface area (Å²) < 4.78 is 0. The minimum Gasteiger partial charge on any atom is -0.358 e. The van der Waals surface area contributed by atoms with Crippen molar-refractivity contribution >= 4 is 29.1 Å². The Bertz CT molecular complexity index is 409. The summed E-state index contributed by atoms with van der Waals surface area (Å²) in [6, 6.07) is 6.86. The predicted octanol–water partition coefficient (Wildman–Crippen LogP) is 0.614. The Balaban J connectivity index is 2.32. The van der Waals surface area contributed by atoms with E-state index in [1.807, 2.05) is 0 Å². The van der Waals surface area contributed by atoms with Crippen molar-refractivity contribution in [3.8, 4) is 0 Å². The van der Waals surface area contributed by atoms with E-state index in [1.54, 1.807) is 24.3 Å². The largest absolute Gasteiger partial charge is 0.358 e. The average Bonchev–Trinajstić information content (AvgIpc) is 2.28. The smallest absolute Gasteiger partial charge is 0.238 e. The first-order chi connectivity index (χ1) is 8.11. The van der Waals surface area contributed by atoms with Crippen molar-refractivity contribution in [2.24, 2.45) is 0 Å². The van der Waals surface area contributed by atoms with Crippen LogP contribution in [-0.4, -0.2) is 32.0 Å². The van der Waals surface area contributed by atoms with Crippen molar-refractivity contribution in [1.82, 2.24) is 10.6 Å². The molecule has 1 aromatic carbocycles. The van der Waals surface area contributed by atoms with Crippen LogP contribution in [0.1, 0.15) is 0 Å². The zero-order valence-corrected chi connectivity index (χ0v) is 10.2. The molecular weight excluding hydrogens is 242 g/mol. The van der Waals surface area contributed by atoms with Gasteiger partial charge in [-0.1, -0.05) is 17.7 Å². The highest BCUT2D eigenvalue weighted by molar-refractivity contribution is 6.30. The van der Waals surface area contributed by atoms with E-state index in [4.69, 9.17) is 11.6 Å². The number of benzene rings is 1. The van der Waals surface area contributed by atoms with Crippen molar-refractivity contribution in [3.05, 3.63) is 29.3 Å². The third-order valence-corrected chi connectivity index (χ3v) is 2.19. The number of nitrogens with one attached hydrogen (secondary N) is 3. The molecule has 0 spiro atoms. The molecule has 0 radical (unpaired) electrons. The second-order valence-corrected chi connectivity index (χ2v) is 3.77. The van der Waals surface area contributed by atoms with Crippen LogP contribution in [0.4, 0.5) is 5.69 Å². The molecule has 1 rings (SSSR count). The highest BCUT2D eigenvalue weighted by Crippen LogP contribution is 2.14. The second kappa shape index (κ2) is 6.88. The van der Waals surface area contributed by atoms with Crippen LogP contribution < -0.4 is 16.0 Å². The molecule has 1 aromatic rings. The highest BCUT2D eigenvalue weighted by atomic mass is 35.5. The minimum absolute atomic E-state index is 0.0694. The third-order valence-electron chi connectivity index (χ3n) is 1.96.